The van der Waals surface area contributed by atoms with E-state index in [-0.39, 0.29) is 17.7 Å². The third kappa shape index (κ3) is 5.39. The molecule has 1 unspecified atom stereocenters. The number of nitrogens with zero attached hydrogens (tertiary/aromatic N) is 2. The summed E-state index contributed by atoms with van der Waals surface area (Å²) in [5, 5.41) is 4.48. The van der Waals surface area contributed by atoms with E-state index in [1.165, 1.54) is 0 Å². The fourth-order valence-corrected chi connectivity index (χ4v) is 3.82. The molecule has 1 atom stereocenters. The molecule has 0 spiro atoms. The minimum absolute atomic E-state index is 0.0400. The summed E-state index contributed by atoms with van der Waals surface area (Å²) in [4.78, 5) is 29.7. The van der Waals surface area contributed by atoms with Crippen molar-refractivity contribution in [2.75, 3.05) is 31.1 Å². The van der Waals surface area contributed by atoms with E-state index in [1.807, 2.05) is 26.0 Å². The van der Waals surface area contributed by atoms with Crippen LogP contribution >= 0.6 is 34.8 Å². The molecule has 1 heterocycles. The first-order valence-corrected chi connectivity index (χ1v) is 10.9. The second kappa shape index (κ2) is 9.90. The second-order valence-corrected chi connectivity index (χ2v) is 8.86. The normalized spacial score (nSPS) is 15.3. The summed E-state index contributed by atoms with van der Waals surface area (Å²) in [6.45, 7) is 6.35. The third-order valence-corrected chi connectivity index (χ3v) is 6.18. The zero-order valence-corrected chi connectivity index (χ0v) is 19.1. The lowest BCUT2D eigenvalue weighted by atomic mass is 10.0. The van der Waals surface area contributed by atoms with Gasteiger partial charge in [-0.15, -0.1) is 0 Å². The Morgan fingerprint density at radius 1 is 0.900 bits per heavy atom. The van der Waals surface area contributed by atoms with Crippen molar-refractivity contribution in [3.8, 4) is 0 Å². The number of carbonyl (C=O) groups is 2. The van der Waals surface area contributed by atoms with Crippen molar-refractivity contribution >= 4 is 52.3 Å². The molecule has 1 aliphatic rings. The van der Waals surface area contributed by atoms with Gasteiger partial charge in [-0.2, -0.15) is 0 Å². The lowest BCUT2D eigenvalue weighted by molar-refractivity contribution is -0.134. The molecule has 30 heavy (non-hydrogen) atoms. The van der Waals surface area contributed by atoms with Gasteiger partial charge in [0.15, 0.2) is 0 Å². The Hall–Kier alpha value is -1.95. The Labute approximate surface area is 191 Å². The van der Waals surface area contributed by atoms with E-state index in [0.29, 0.717) is 46.8 Å². The van der Waals surface area contributed by atoms with Crippen LogP contribution in [-0.4, -0.2) is 48.9 Å². The van der Waals surface area contributed by atoms with Gasteiger partial charge in [-0.25, -0.2) is 0 Å². The fourth-order valence-electron chi connectivity index (χ4n) is 3.40. The smallest absolute Gasteiger partial charge is 0.251 e. The van der Waals surface area contributed by atoms with Gasteiger partial charge in [-0.05, 0) is 48.4 Å². The number of anilines is 1. The molecule has 8 heteroatoms. The molecule has 1 saturated heterocycles. The maximum absolute atomic E-state index is 13.1. The van der Waals surface area contributed by atoms with Crippen LogP contribution in [0.4, 0.5) is 5.69 Å². The average Bonchev–Trinajstić information content (AvgIpc) is 2.73. The van der Waals surface area contributed by atoms with Crippen molar-refractivity contribution in [3.05, 3.63) is 63.1 Å². The van der Waals surface area contributed by atoms with Crippen molar-refractivity contribution in [1.29, 1.82) is 0 Å². The number of rotatable bonds is 5. The number of nitrogens with one attached hydrogen (secondary N) is 1. The van der Waals surface area contributed by atoms with Crippen molar-refractivity contribution < 1.29 is 9.59 Å². The fraction of sp³-hybridized carbons (Fsp3) is 0.364. The van der Waals surface area contributed by atoms with Gasteiger partial charge < -0.3 is 15.1 Å². The number of halogens is 3. The number of piperazine rings is 1. The SMILES string of the molecule is CC(C)C(NC(=O)c1ccc(Cl)cc1)C(=O)N1CCN(c2ccc(Cl)c(Cl)c2)CC1. The van der Waals surface area contributed by atoms with Gasteiger partial charge in [0.1, 0.15) is 6.04 Å². The topological polar surface area (TPSA) is 52.7 Å². The maximum atomic E-state index is 13.1. The highest BCUT2D eigenvalue weighted by atomic mass is 35.5. The van der Waals surface area contributed by atoms with Crippen LogP contribution in [-0.2, 0) is 4.79 Å². The van der Waals surface area contributed by atoms with Crippen molar-refractivity contribution in [2.45, 2.75) is 19.9 Å². The van der Waals surface area contributed by atoms with Crippen LogP contribution in [0.25, 0.3) is 0 Å². The van der Waals surface area contributed by atoms with Gasteiger partial charge in [0.2, 0.25) is 5.91 Å². The van der Waals surface area contributed by atoms with Crippen LogP contribution < -0.4 is 10.2 Å². The molecule has 160 valence electrons. The highest BCUT2D eigenvalue weighted by Crippen LogP contribution is 2.28. The second-order valence-electron chi connectivity index (χ2n) is 7.61. The van der Waals surface area contributed by atoms with E-state index in [0.717, 1.165) is 5.69 Å². The molecule has 0 bridgehead atoms. The zero-order valence-electron chi connectivity index (χ0n) is 16.9. The molecule has 0 saturated carbocycles. The monoisotopic (exact) mass is 467 g/mol. The van der Waals surface area contributed by atoms with Gasteiger partial charge in [0, 0.05) is 42.5 Å². The molecule has 0 aromatic heterocycles. The number of amides is 2. The summed E-state index contributed by atoms with van der Waals surface area (Å²) in [6.07, 6.45) is 0. The first-order chi connectivity index (χ1) is 14.3. The standard InChI is InChI=1S/C22H24Cl3N3O2/c1-14(2)20(26-21(29)15-3-5-16(23)6-4-15)22(30)28-11-9-27(10-12-28)17-7-8-18(24)19(25)13-17/h3-8,13-14,20H,9-12H2,1-2H3,(H,26,29). The summed E-state index contributed by atoms with van der Waals surface area (Å²) >= 11 is 18.0. The zero-order chi connectivity index (χ0) is 21.8. The van der Waals surface area contributed by atoms with Crippen LogP contribution in [0, 0.1) is 5.92 Å². The minimum atomic E-state index is -0.593. The van der Waals surface area contributed by atoms with Gasteiger partial charge in [0.05, 0.1) is 10.0 Å². The molecular formula is C22H24Cl3N3O2. The molecule has 1 fully saturated rings. The van der Waals surface area contributed by atoms with Crippen LogP contribution in [0.3, 0.4) is 0 Å². The predicted octanol–water partition coefficient (Wildman–Crippen LogP) is 4.75. The van der Waals surface area contributed by atoms with E-state index >= 15 is 0 Å². The summed E-state index contributed by atoms with van der Waals surface area (Å²) in [5.74, 6) is -0.392. The van der Waals surface area contributed by atoms with Crippen LogP contribution in [0.2, 0.25) is 15.1 Å². The molecule has 1 N–H and O–H groups in total. The number of hydrogen-bond donors (Lipinski definition) is 1. The van der Waals surface area contributed by atoms with E-state index in [1.54, 1.807) is 35.2 Å². The van der Waals surface area contributed by atoms with Crippen molar-refractivity contribution in [2.24, 2.45) is 5.92 Å². The highest BCUT2D eigenvalue weighted by molar-refractivity contribution is 6.42. The maximum Gasteiger partial charge on any atom is 0.251 e. The summed E-state index contributed by atoms with van der Waals surface area (Å²) in [5.41, 5.74) is 1.45. The lowest BCUT2D eigenvalue weighted by Gasteiger charge is -2.38. The van der Waals surface area contributed by atoms with Crippen molar-refractivity contribution in [3.63, 3.8) is 0 Å². The Bertz CT molecular complexity index is 910. The number of carbonyl (C=O) groups excluding carboxylic acids is 2. The van der Waals surface area contributed by atoms with Crippen molar-refractivity contribution in [1.82, 2.24) is 10.2 Å². The molecule has 0 radical (unpaired) electrons. The van der Waals surface area contributed by atoms with E-state index < -0.39 is 6.04 Å². The Morgan fingerprint density at radius 3 is 2.10 bits per heavy atom. The summed E-state index contributed by atoms with van der Waals surface area (Å²) < 4.78 is 0. The molecule has 5 nitrogen and oxygen atoms in total. The lowest BCUT2D eigenvalue weighted by Crippen LogP contribution is -2.56. The van der Waals surface area contributed by atoms with E-state index in [4.69, 9.17) is 34.8 Å². The largest absolute Gasteiger partial charge is 0.368 e. The Kier molecular flexibility index (Phi) is 7.50. The summed E-state index contributed by atoms with van der Waals surface area (Å²) in [6, 6.07) is 11.6. The molecule has 3 rings (SSSR count). The average molecular weight is 469 g/mol. The van der Waals surface area contributed by atoms with Gasteiger partial charge in [-0.3, -0.25) is 9.59 Å². The van der Waals surface area contributed by atoms with Crippen LogP contribution in [0.5, 0.6) is 0 Å². The van der Waals surface area contributed by atoms with Crippen LogP contribution in [0.1, 0.15) is 24.2 Å². The van der Waals surface area contributed by atoms with E-state index in [9.17, 15) is 9.59 Å². The van der Waals surface area contributed by atoms with E-state index in [2.05, 4.69) is 10.2 Å². The molecular weight excluding hydrogens is 445 g/mol. The molecule has 1 aliphatic heterocycles. The predicted molar refractivity (Wildman–Crippen MR) is 123 cm³/mol. The van der Waals surface area contributed by atoms with Crippen LogP contribution in [0.15, 0.2) is 42.5 Å². The Morgan fingerprint density at radius 2 is 1.53 bits per heavy atom. The molecule has 2 amide bonds. The van der Waals surface area contributed by atoms with Gasteiger partial charge >= 0.3 is 0 Å². The van der Waals surface area contributed by atoms with Gasteiger partial charge in [0.25, 0.3) is 5.91 Å². The molecule has 2 aromatic rings. The molecule has 2 aromatic carbocycles. The Balaban J connectivity index is 1.63. The first kappa shape index (κ1) is 22.7. The number of hydrogen-bond acceptors (Lipinski definition) is 3. The highest BCUT2D eigenvalue weighted by Gasteiger charge is 2.31. The summed E-state index contributed by atoms with van der Waals surface area (Å²) in [7, 11) is 0. The first-order valence-electron chi connectivity index (χ1n) is 9.81. The van der Waals surface area contributed by atoms with Gasteiger partial charge in [-0.1, -0.05) is 48.7 Å². The third-order valence-electron chi connectivity index (χ3n) is 5.19. The molecule has 0 aliphatic carbocycles. The number of benzene rings is 2. The minimum Gasteiger partial charge on any atom is -0.368 e. The quantitative estimate of drug-likeness (QED) is 0.689.